The fraction of sp³-hybridized carbons (Fsp3) is 0.125. The molecular formula is C16H15N3O2. The fourth-order valence-electron chi connectivity index (χ4n) is 2.29. The molecule has 3 aromatic rings. The molecule has 3 rings (SSSR count). The first-order valence-corrected chi connectivity index (χ1v) is 6.75. The van der Waals surface area contributed by atoms with Crippen LogP contribution in [0.3, 0.4) is 0 Å². The van der Waals surface area contributed by atoms with Gasteiger partial charge in [0.05, 0.1) is 0 Å². The van der Waals surface area contributed by atoms with Crippen LogP contribution in [0, 0.1) is 0 Å². The van der Waals surface area contributed by atoms with E-state index in [0.29, 0.717) is 11.5 Å². The summed E-state index contributed by atoms with van der Waals surface area (Å²) in [6.07, 6.45) is 2.62. The van der Waals surface area contributed by atoms with Crippen molar-refractivity contribution < 1.29 is 9.90 Å². The highest BCUT2D eigenvalue weighted by molar-refractivity contribution is 5.93. The zero-order valence-electron chi connectivity index (χ0n) is 11.6. The Morgan fingerprint density at radius 2 is 2.14 bits per heavy atom. The second kappa shape index (κ2) is 5.28. The first-order chi connectivity index (χ1) is 10.2. The summed E-state index contributed by atoms with van der Waals surface area (Å²) in [7, 11) is 0. The molecule has 0 aliphatic rings. The number of aryl methyl sites for hydroxylation is 1. The lowest BCUT2D eigenvalue weighted by Gasteiger charge is -2.06. The minimum atomic E-state index is -1.01. The van der Waals surface area contributed by atoms with E-state index >= 15 is 0 Å². The van der Waals surface area contributed by atoms with Crippen molar-refractivity contribution in [2.24, 2.45) is 0 Å². The van der Waals surface area contributed by atoms with Crippen LogP contribution in [0.5, 0.6) is 0 Å². The standard InChI is InChI=1S/C16H15N3O2/c1-2-11-6-5-7-12(10-11)17-15-14(16(20)21)19-9-4-3-8-13(19)18-15/h3-10,17H,2H2,1H3,(H,20,21). The molecule has 0 saturated carbocycles. The van der Waals surface area contributed by atoms with Gasteiger partial charge in [-0.15, -0.1) is 0 Å². The molecule has 106 valence electrons. The maximum Gasteiger partial charge on any atom is 0.356 e. The molecule has 2 heterocycles. The van der Waals surface area contributed by atoms with Crippen molar-refractivity contribution in [3.05, 3.63) is 59.9 Å². The van der Waals surface area contributed by atoms with Crippen molar-refractivity contribution in [1.82, 2.24) is 9.38 Å². The van der Waals surface area contributed by atoms with E-state index in [-0.39, 0.29) is 5.69 Å². The number of fused-ring (bicyclic) bond motifs is 1. The number of carboxylic acid groups (broad SMARTS) is 1. The first-order valence-electron chi connectivity index (χ1n) is 6.75. The number of hydrogen-bond donors (Lipinski definition) is 2. The monoisotopic (exact) mass is 281 g/mol. The Bertz CT molecular complexity index is 808. The number of aromatic carboxylic acids is 1. The molecule has 0 spiro atoms. The lowest BCUT2D eigenvalue weighted by Crippen LogP contribution is -2.05. The normalized spacial score (nSPS) is 10.7. The second-order valence-corrected chi connectivity index (χ2v) is 4.72. The Hall–Kier alpha value is -2.82. The van der Waals surface area contributed by atoms with Crippen LogP contribution >= 0.6 is 0 Å². The molecule has 5 heteroatoms. The van der Waals surface area contributed by atoms with Crippen LogP contribution in [0.25, 0.3) is 5.65 Å². The lowest BCUT2D eigenvalue weighted by molar-refractivity contribution is 0.0690. The van der Waals surface area contributed by atoms with Gasteiger partial charge >= 0.3 is 5.97 Å². The molecular weight excluding hydrogens is 266 g/mol. The number of pyridine rings is 1. The quantitative estimate of drug-likeness (QED) is 0.769. The van der Waals surface area contributed by atoms with Crippen LogP contribution in [0.15, 0.2) is 48.7 Å². The van der Waals surface area contributed by atoms with Gasteiger partial charge in [-0.05, 0) is 36.2 Å². The molecule has 0 amide bonds. The summed E-state index contributed by atoms with van der Waals surface area (Å²) in [5.74, 6) is -0.662. The van der Waals surface area contributed by atoms with Gasteiger partial charge in [-0.1, -0.05) is 25.1 Å². The van der Waals surface area contributed by atoms with Crippen LogP contribution in [0.1, 0.15) is 23.0 Å². The summed E-state index contributed by atoms with van der Waals surface area (Å²) in [4.78, 5) is 15.9. The Morgan fingerprint density at radius 3 is 2.90 bits per heavy atom. The number of aromatic nitrogens is 2. The van der Waals surface area contributed by atoms with E-state index in [1.54, 1.807) is 22.7 Å². The number of benzene rings is 1. The van der Waals surface area contributed by atoms with E-state index in [4.69, 9.17) is 0 Å². The van der Waals surface area contributed by atoms with Crippen molar-refractivity contribution in [2.45, 2.75) is 13.3 Å². The topological polar surface area (TPSA) is 66.6 Å². The summed E-state index contributed by atoms with van der Waals surface area (Å²) in [6, 6.07) is 13.3. The van der Waals surface area contributed by atoms with Gasteiger partial charge in [0.2, 0.25) is 0 Å². The van der Waals surface area contributed by atoms with Crippen molar-refractivity contribution >= 4 is 23.1 Å². The van der Waals surface area contributed by atoms with Crippen molar-refractivity contribution in [2.75, 3.05) is 5.32 Å². The number of nitrogens with zero attached hydrogens (tertiary/aromatic N) is 2. The molecule has 0 saturated heterocycles. The average molecular weight is 281 g/mol. The van der Waals surface area contributed by atoms with Crippen LogP contribution < -0.4 is 5.32 Å². The largest absolute Gasteiger partial charge is 0.476 e. The molecule has 2 aromatic heterocycles. The summed E-state index contributed by atoms with van der Waals surface area (Å²) in [6.45, 7) is 2.08. The van der Waals surface area contributed by atoms with Crippen molar-refractivity contribution in [3.63, 3.8) is 0 Å². The van der Waals surface area contributed by atoms with Crippen LogP contribution in [-0.2, 0) is 6.42 Å². The van der Waals surface area contributed by atoms with Gasteiger partial charge in [-0.3, -0.25) is 4.40 Å². The molecule has 0 radical (unpaired) electrons. The Balaban J connectivity index is 2.07. The van der Waals surface area contributed by atoms with E-state index in [2.05, 4.69) is 17.2 Å². The maximum absolute atomic E-state index is 11.5. The Labute approximate surface area is 121 Å². The highest BCUT2D eigenvalue weighted by atomic mass is 16.4. The minimum absolute atomic E-state index is 0.132. The van der Waals surface area contributed by atoms with Crippen molar-refractivity contribution in [1.29, 1.82) is 0 Å². The zero-order valence-corrected chi connectivity index (χ0v) is 11.6. The average Bonchev–Trinajstić information content (AvgIpc) is 2.85. The molecule has 0 unspecified atom stereocenters. The fourth-order valence-corrected chi connectivity index (χ4v) is 2.29. The summed E-state index contributed by atoms with van der Waals surface area (Å²) in [5.41, 5.74) is 2.75. The molecule has 0 atom stereocenters. The number of rotatable bonds is 4. The smallest absolute Gasteiger partial charge is 0.356 e. The SMILES string of the molecule is CCc1cccc(Nc2nc3ccccn3c2C(=O)O)c1. The van der Waals surface area contributed by atoms with Gasteiger partial charge < -0.3 is 10.4 Å². The van der Waals surface area contributed by atoms with Gasteiger partial charge in [-0.2, -0.15) is 0 Å². The number of anilines is 2. The molecule has 0 aliphatic carbocycles. The molecule has 5 nitrogen and oxygen atoms in total. The summed E-state index contributed by atoms with van der Waals surface area (Å²) >= 11 is 0. The highest BCUT2D eigenvalue weighted by Crippen LogP contribution is 2.22. The molecule has 0 bridgehead atoms. The third kappa shape index (κ3) is 2.45. The molecule has 2 N–H and O–H groups in total. The van der Waals surface area contributed by atoms with Gasteiger partial charge in [0.25, 0.3) is 0 Å². The molecule has 1 aromatic carbocycles. The van der Waals surface area contributed by atoms with Gasteiger partial charge in [0.15, 0.2) is 11.5 Å². The van der Waals surface area contributed by atoms with Crippen LogP contribution in [0.2, 0.25) is 0 Å². The number of nitrogens with one attached hydrogen (secondary N) is 1. The van der Waals surface area contributed by atoms with E-state index in [0.717, 1.165) is 12.1 Å². The number of hydrogen-bond acceptors (Lipinski definition) is 3. The first kappa shape index (κ1) is 13.2. The number of carbonyl (C=O) groups is 1. The lowest BCUT2D eigenvalue weighted by atomic mass is 10.1. The van der Waals surface area contributed by atoms with E-state index in [1.807, 2.05) is 30.3 Å². The maximum atomic E-state index is 11.5. The van der Waals surface area contributed by atoms with Crippen LogP contribution in [-0.4, -0.2) is 20.5 Å². The molecule has 0 fully saturated rings. The molecule has 0 aliphatic heterocycles. The van der Waals surface area contributed by atoms with E-state index < -0.39 is 5.97 Å². The Morgan fingerprint density at radius 1 is 1.29 bits per heavy atom. The predicted octanol–water partition coefficient (Wildman–Crippen LogP) is 3.34. The number of carboxylic acids is 1. The summed E-state index contributed by atoms with van der Waals surface area (Å²) < 4.78 is 1.56. The molecule has 21 heavy (non-hydrogen) atoms. The Kier molecular flexibility index (Phi) is 3.31. The minimum Gasteiger partial charge on any atom is -0.476 e. The second-order valence-electron chi connectivity index (χ2n) is 4.72. The third-order valence-electron chi connectivity index (χ3n) is 3.33. The van der Waals surface area contributed by atoms with E-state index in [9.17, 15) is 9.90 Å². The summed E-state index contributed by atoms with van der Waals surface area (Å²) in [5, 5.41) is 12.5. The van der Waals surface area contributed by atoms with E-state index in [1.165, 1.54) is 5.56 Å². The predicted molar refractivity (Wildman–Crippen MR) is 81.3 cm³/mol. The van der Waals surface area contributed by atoms with Crippen LogP contribution in [0.4, 0.5) is 11.5 Å². The van der Waals surface area contributed by atoms with Crippen molar-refractivity contribution in [3.8, 4) is 0 Å². The highest BCUT2D eigenvalue weighted by Gasteiger charge is 2.18. The van der Waals surface area contributed by atoms with Gasteiger partial charge in [0, 0.05) is 11.9 Å². The van der Waals surface area contributed by atoms with Gasteiger partial charge in [0.1, 0.15) is 5.65 Å². The van der Waals surface area contributed by atoms with Gasteiger partial charge in [-0.25, -0.2) is 9.78 Å². The number of imidazole rings is 1. The third-order valence-corrected chi connectivity index (χ3v) is 3.33. The zero-order chi connectivity index (χ0) is 14.8.